The molecule has 16 N–H and O–H groups in total. The number of aliphatic hydroxyl groups excluding tert-OH is 9. The van der Waals surface area contributed by atoms with Gasteiger partial charge in [0, 0.05) is 72.5 Å². The third-order valence-electron chi connectivity index (χ3n) is 16.3. The summed E-state index contributed by atoms with van der Waals surface area (Å²) in [5, 5.41) is 111. The highest BCUT2D eigenvalue weighted by Crippen LogP contribution is 2.34. The fourth-order valence-electron chi connectivity index (χ4n) is 11.3. The summed E-state index contributed by atoms with van der Waals surface area (Å²) in [5.41, 5.74) is -0.253. The number of benzene rings is 1. The van der Waals surface area contributed by atoms with Crippen LogP contribution in [0.5, 0.6) is 0 Å². The van der Waals surface area contributed by atoms with Gasteiger partial charge in [-0.3, -0.25) is 38.5 Å². The first-order valence-electron chi connectivity index (χ1n) is 31.1. The summed E-state index contributed by atoms with van der Waals surface area (Å²) >= 11 is 0. The molecule has 2 heterocycles. The fraction of sp³-hybridized carbons (Fsp3) is 0.780. The minimum absolute atomic E-state index is 0.0379. The molecule has 2 aliphatic carbocycles. The van der Waals surface area contributed by atoms with Crippen molar-refractivity contribution in [2.75, 3.05) is 119 Å². The molecule has 15 unspecified atom stereocenters. The maximum absolute atomic E-state index is 14.5. The molecular weight excluding hydrogens is 1220 g/mol. The number of methoxy groups -OCH3 is 1. The van der Waals surface area contributed by atoms with Crippen LogP contribution >= 0.6 is 0 Å². The lowest BCUT2D eigenvalue weighted by Gasteiger charge is -2.46. The highest BCUT2D eigenvalue weighted by atomic mass is 16.7. The molecule has 2 saturated carbocycles. The molecule has 4 aliphatic rings. The molecule has 1 aromatic carbocycles. The quantitative estimate of drug-likeness (QED) is 0.0215. The average molecular weight is 1320 g/mol. The average Bonchev–Trinajstić information content (AvgIpc) is 0.818. The molecule has 5 rings (SSSR count). The molecule has 1 aromatic rings. The molecular formula is C59H98N8O25. The molecule has 0 radical (unpaired) electrons. The van der Waals surface area contributed by atoms with Crippen molar-refractivity contribution >= 4 is 41.4 Å². The molecule has 0 aromatic heterocycles. The number of hydrogen-bond donors (Lipinski definition) is 16. The van der Waals surface area contributed by atoms with Crippen molar-refractivity contribution in [3.63, 3.8) is 0 Å². The normalized spacial score (nSPS) is 29.3. The van der Waals surface area contributed by atoms with Crippen molar-refractivity contribution < 1.29 is 122 Å². The van der Waals surface area contributed by atoms with Crippen molar-refractivity contribution in [2.24, 2.45) is 11.8 Å². The van der Waals surface area contributed by atoms with E-state index in [1.807, 2.05) is 0 Å². The van der Waals surface area contributed by atoms with Crippen molar-refractivity contribution in [2.45, 2.75) is 164 Å². The van der Waals surface area contributed by atoms with Crippen molar-refractivity contribution in [1.82, 2.24) is 42.1 Å². The zero-order chi connectivity index (χ0) is 67.3. The van der Waals surface area contributed by atoms with Crippen LogP contribution in [0.15, 0.2) is 24.3 Å². The topological polar surface area (TPSA) is 472 Å². The zero-order valence-corrected chi connectivity index (χ0v) is 52.7. The van der Waals surface area contributed by atoms with E-state index in [1.165, 1.54) is 25.7 Å². The Labute approximate surface area is 534 Å². The predicted molar refractivity (Wildman–Crippen MR) is 319 cm³/mol. The number of ether oxygens (including phenoxy) is 9. The molecule has 15 atom stereocenters. The van der Waals surface area contributed by atoms with Gasteiger partial charge in [-0.05, 0) is 56.1 Å². The van der Waals surface area contributed by atoms with E-state index in [9.17, 15) is 79.5 Å². The Morgan fingerprint density at radius 2 is 1.07 bits per heavy atom. The second-order valence-corrected chi connectivity index (χ2v) is 23.1. The second kappa shape index (κ2) is 40.2. The van der Waals surface area contributed by atoms with Crippen LogP contribution in [0.1, 0.15) is 70.4 Å². The van der Waals surface area contributed by atoms with Gasteiger partial charge < -0.3 is 126 Å². The van der Waals surface area contributed by atoms with E-state index in [-0.39, 0.29) is 129 Å². The number of hydrogen-bond acceptors (Lipinski definition) is 26. The number of carbonyl (C=O) groups excluding carboxylic acids is 7. The zero-order valence-electron chi connectivity index (χ0n) is 52.7. The van der Waals surface area contributed by atoms with Gasteiger partial charge in [0.2, 0.25) is 41.4 Å². The number of rotatable bonds is 39. The lowest BCUT2D eigenvalue weighted by atomic mass is 9.79. The van der Waals surface area contributed by atoms with E-state index in [0.717, 1.165) is 18.4 Å². The summed E-state index contributed by atoms with van der Waals surface area (Å²) < 4.78 is 51.0. The Bertz CT molecular complexity index is 2420. The number of nitrogens with zero attached hydrogens (tertiary/aromatic N) is 1. The maximum atomic E-state index is 14.5. The van der Waals surface area contributed by atoms with Gasteiger partial charge >= 0.3 is 0 Å². The van der Waals surface area contributed by atoms with E-state index in [0.29, 0.717) is 18.4 Å². The van der Waals surface area contributed by atoms with Crippen LogP contribution in [0.3, 0.4) is 0 Å². The van der Waals surface area contributed by atoms with Crippen molar-refractivity contribution in [1.29, 1.82) is 0 Å². The minimum atomic E-state index is -1.65. The monoisotopic (exact) mass is 1320 g/mol. The molecule has 33 heteroatoms. The van der Waals surface area contributed by atoms with Gasteiger partial charge in [0.25, 0.3) is 0 Å². The van der Waals surface area contributed by atoms with Gasteiger partial charge in [-0.15, -0.1) is 0 Å². The number of nitrogens with one attached hydrogen (secondary N) is 7. The SMILES string of the molecule is COC1CCC(C(=O)NCc2ccc(CC(C(=O)NCCOCCOC3OC(CO)C(O)C(O)C3NC(C)=O)N(CC(=O)NCCOCCOC3OC(CO)C(O)C(O)C3NC(C)=O)CC(=O)NCCOCCOC3(NC(C)=O)CCC(CO)C(O)C3O)cc2)CC1. The van der Waals surface area contributed by atoms with Gasteiger partial charge in [-0.2, -0.15) is 0 Å². The smallest absolute Gasteiger partial charge is 0.237 e. The maximum Gasteiger partial charge on any atom is 0.237 e. The summed E-state index contributed by atoms with van der Waals surface area (Å²) in [6.07, 6.45) is -10.5. The van der Waals surface area contributed by atoms with E-state index in [4.69, 9.17) is 42.6 Å². The summed E-state index contributed by atoms with van der Waals surface area (Å²) in [4.78, 5) is 92.6. The highest BCUT2D eigenvalue weighted by Gasteiger charge is 2.51. The van der Waals surface area contributed by atoms with Gasteiger partial charge in [-0.25, -0.2) is 0 Å². The standard InChI is InChI=1S/C59H98N8O25/c1-34(71)64-47-52(79)50(77)43(32-69)91-57(47)88-24-21-85-18-15-60-45(74)29-67(30-46(75)61-16-19-87-23-26-90-59(66-36(3)73)14-13-40(31-68)49(76)54(59)81)42(27-37-5-7-38(8-6-37)28-63-55(82)39-9-11-41(84-4)12-10-39)56(83)62-17-20-86-22-25-89-58-48(65-35(2)72)53(80)51(78)44(33-70)92-58/h5-8,39-44,47-54,57-58,68-70,76-81H,9-33H2,1-4H3,(H,60,74)(H,61,75)(H,62,83)(H,63,82)(H,64,71)(H,65,72)(H,66,73). The molecule has 0 spiro atoms. The first-order valence-corrected chi connectivity index (χ1v) is 31.1. The molecule has 4 fully saturated rings. The fourth-order valence-corrected chi connectivity index (χ4v) is 11.3. The predicted octanol–water partition coefficient (Wildman–Crippen LogP) is -6.99. The van der Waals surface area contributed by atoms with E-state index >= 15 is 0 Å². The van der Waals surface area contributed by atoms with Gasteiger partial charge in [0.15, 0.2) is 18.3 Å². The number of carbonyl (C=O) groups is 7. The summed E-state index contributed by atoms with van der Waals surface area (Å²) in [6, 6.07) is 3.56. The Hall–Kier alpha value is -5.25. The molecule has 92 heavy (non-hydrogen) atoms. The molecule has 524 valence electrons. The molecule has 7 amide bonds. The number of aliphatic hydroxyl groups is 9. The van der Waals surface area contributed by atoms with Crippen LogP contribution in [-0.2, 0) is 89.2 Å². The summed E-state index contributed by atoms with van der Waals surface area (Å²) in [6.45, 7) is 0.137. The summed E-state index contributed by atoms with van der Waals surface area (Å²) in [5.74, 6) is -4.26. The second-order valence-electron chi connectivity index (χ2n) is 23.1. The first kappa shape index (κ1) is 77.5. The van der Waals surface area contributed by atoms with Crippen LogP contribution in [0.2, 0.25) is 0 Å². The van der Waals surface area contributed by atoms with Gasteiger partial charge in [-0.1, -0.05) is 24.3 Å². The van der Waals surface area contributed by atoms with E-state index in [1.54, 1.807) is 31.4 Å². The Morgan fingerprint density at radius 1 is 0.576 bits per heavy atom. The van der Waals surface area contributed by atoms with E-state index < -0.39 is 153 Å². The minimum Gasteiger partial charge on any atom is -0.396 e. The van der Waals surface area contributed by atoms with Crippen molar-refractivity contribution in [3.05, 3.63) is 35.4 Å². The Kier molecular flexibility index (Phi) is 33.9. The lowest BCUT2D eigenvalue weighted by Crippen LogP contribution is -2.66. The Balaban J connectivity index is 1.25. The number of amides is 7. The van der Waals surface area contributed by atoms with Crippen LogP contribution in [0.25, 0.3) is 0 Å². The van der Waals surface area contributed by atoms with Crippen LogP contribution in [0.4, 0.5) is 0 Å². The highest BCUT2D eigenvalue weighted by molar-refractivity contribution is 5.86. The van der Waals surface area contributed by atoms with Crippen LogP contribution in [-0.4, -0.2) is 303 Å². The summed E-state index contributed by atoms with van der Waals surface area (Å²) in [7, 11) is 1.66. The molecule has 0 bridgehead atoms. The van der Waals surface area contributed by atoms with Crippen molar-refractivity contribution in [3.8, 4) is 0 Å². The molecule has 2 saturated heterocycles. The van der Waals surface area contributed by atoms with Gasteiger partial charge in [0.05, 0.1) is 104 Å². The third kappa shape index (κ3) is 24.5. The van der Waals surface area contributed by atoms with Gasteiger partial charge in [0.1, 0.15) is 54.8 Å². The Morgan fingerprint density at radius 3 is 1.53 bits per heavy atom. The largest absolute Gasteiger partial charge is 0.396 e. The first-order chi connectivity index (χ1) is 44.0. The lowest BCUT2D eigenvalue weighted by molar-refractivity contribution is -0.272. The third-order valence-corrected chi connectivity index (χ3v) is 16.3. The van der Waals surface area contributed by atoms with Crippen LogP contribution < -0.4 is 37.2 Å². The molecule has 2 aliphatic heterocycles. The molecule has 33 nitrogen and oxygen atoms in total. The van der Waals surface area contributed by atoms with E-state index in [2.05, 4.69) is 37.2 Å². The van der Waals surface area contributed by atoms with Crippen LogP contribution in [0, 0.1) is 11.8 Å².